The molecule has 4 heteroatoms. The summed E-state index contributed by atoms with van der Waals surface area (Å²) in [6, 6.07) is 7.65. The molecule has 1 aromatic rings. The Hall–Kier alpha value is -1.55. The monoisotopic (exact) mass is 236 g/mol. The standard InChI is InChI=1S/C13H20N2O2/c1-10-5-4-6-12(7-10)8-14-13(17)15(3)11(2)9-16/h4-7,11,16H,8-9H2,1-3H3,(H,14,17). The third-order valence-electron chi connectivity index (χ3n) is 2.77. The van der Waals surface area contributed by atoms with Gasteiger partial charge in [-0.3, -0.25) is 0 Å². The summed E-state index contributed by atoms with van der Waals surface area (Å²) in [5.41, 5.74) is 2.25. The van der Waals surface area contributed by atoms with Gasteiger partial charge in [-0.25, -0.2) is 4.79 Å². The van der Waals surface area contributed by atoms with Gasteiger partial charge in [0.2, 0.25) is 0 Å². The molecule has 0 saturated heterocycles. The quantitative estimate of drug-likeness (QED) is 0.832. The third kappa shape index (κ3) is 4.07. The zero-order chi connectivity index (χ0) is 12.8. The van der Waals surface area contributed by atoms with Crippen LogP contribution in [0, 0.1) is 6.92 Å². The molecule has 0 bridgehead atoms. The highest BCUT2D eigenvalue weighted by Crippen LogP contribution is 2.04. The highest BCUT2D eigenvalue weighted by molar-refractivity contribution is 5.74. The number of carbonyl (C=O) groups is 1. The van der Waals surface area contributed by atoms with Crippen molar-refractivity contribution in [2.24, 2.45) is 0 Å². The molecule has 1 atom stereocenters. The Morgan fingerprint density at radius 1 is 1.53 bits per heavy atom. The Bertz CT molecular complexity index is 379. The van der Waals surface area contributed by atoms with Gasteiger partial charge >= 0.3 is 6.03 Å². The number of rotatable bonds is 4. The van der Waals surface area contributed by atoms with Crippen molar-refractivity contribution in [1.29, 1.82) is 0 Å². The van der Waals surface area contributed by atoms with Crippen molar-refractivity contribution in [1.82, 2.24) is 10.2 Å². The zero-order valence-electron chi connectivity index (χ0n) is 10.6. The van der Waals surface area contributed by atoms with E-state index in [1.807, 2.05) is 31.2 Å². The van der Waals surface area contributed by atoms with Crippen LogP contribution in [0.2, 0.25) is 0 Å². The Kier molecular flexibility index (Phi) is 4.97. The van der Waals surface area contributed by atoms with E-state index in [4.69, 9.17) is 5.11 Å². The number of hydrogen-bond donors (Lipinski definition) is 2. The number of benzene rings is 1. The van der Waals surface area contributed by atoms with Crippen LogP contribution in [0.5, 0.6) is 0 Å². The van der Waals surface area contributed by atoms with E-state index in [-0.39, 0.29) is 18.7 Å². The van der Waals surface area contributed by atoms with Crippen LogP contribution in [0.15, 0.2) is 24.3 Å². The first-order valence-corrected chi connectivity index (χ1v) is 5.71. The van der Waals surface area contributed by atoms with E-state index in [0.29, 0.717) is 6.54 Å². The molecule has 1 unspecified atom stereocenters. The van der Waals surface area contributed by atoms with Crippen molar-refractivity contribution in [2.75, 3.05) is 13.7 Å². The van der Waals surface area contributed by atoms with Gasteiger partial charge in [-0.1, -0.05) is 29.8 Å². The molecule has 94 valence electrons. The highest BCUT2D eigenvalue weighted by atomic mass is 16.3. The largest absolute Gasteiger partial charge is 0.394 e. The van der Waals surface area contributed by atoms with Crippen LogP contribution < -0.4 is 5.32 Å². The highest BCUT2D eigenvalue weighted by Gasteiger charge is 2.13. The van der Waals surface area contributed by atoms with Crippen molar-refractivity contribution < 1.29 is 9.90 Å². The Balaban J connectivity index is 2.48. The lowest BCUT2D eigenvalue weighted by Gasteiger charge is -2.23. The number of nitrogens with one attached hydrogen (secondary N) is 1. The molecule has 2 amide bonds. The lowest BCUT2D eigenvalue weighted by Crippen LogP contribution is -2.43. The van der Waals surface area contributed by atoms with E-state index in [2.05, 4.69) is 5.32 Å². The van der Waals surface area contributed by atoms with E-state index in [1.165, 1.54) is 10.5 Å². The average molecular weight is 236 g/mol. The first-order chi connectivity index (χ1) is 8.04. The first-order valence-electron chi connectivity index (χ1n) is 5.71. The summed E-state index contributed by atoms with van der Waals surface area (Å²) in [6.45, 7) is 4.29. The minimum atomic E-state index is -0.174. The summed E-state index contributed by atoms with van der Waals surface area (Å²) in [5.74, 6) is 0. The van der Waals surface area contributed by atoms with E-state index in [9.17, 15) is 4.79 Å². The van der Waals surface area contributed by atoms with Crippen LogP contribution in [0.25, 0.3) is 0 Å². The molecule has 0 aliphatic carbocycles. The minimum absolute atomic E-state index is 0.0334. The van der Waals surface area contributed by atoms with Crippen molar-refractivity contribution in [3.05, 3.63) is 35.4 Å². The molecule has 0 aliphatic rings. The second kappa shape index (κ2) is 6.25. The van der Waals surface area contributed by atoms with Crippen LogP contribution in [-0.2, 0) is 6.54 Å². The number of carbonyl (C=O) groups excluding carboxylic acids is 1. The maximum absolute atomic E-state index is 11.7. The number of aryl methyl sites for hydroxylation is 1. The predicted molar refractivity (Wildman–Crippen MR) is 67.7 cm³/mol. The SMILES string of the molecule is Cc1cccc(CNC(=O)N(C)C(C)CO)c1. The van der Waals surface area contributed by atoms with Crippen LogP contribution in [0.3, 0.4) is 0 Å². The van der Waals surface area contributed by atoms with Gasteiger partial charge in [-0.15, -0.1) is 0 Å². The van der Waals surface area contributed by atoms with Gasteiger partial charge in [0, 0.05) is 13.6 Å². The number of aliphatic hydroxyl groups is 1. The minimum Gasteiger partial charge on any atom is -0.394 e. The van der Waals surface area contributed by atoms with Gasteiger partial charge in [0.1, 0.15) is 0 Å². The molecule has 1 aromatic carbocycles. The van der Waals surface area contributed by atoms with Gasteiger partial charge in [-0.05, 0) is 19.4 Å². The van der Waals surface area contributed by atoms with Crippen LogP contribution in [-0.4, -0.2) is 35.7 Å². The number of urea groups is 1. The normalized spacial score (nSPS) is 12.0. The summed E-state index contributed by atoms with van der Waals surface area (Å²) < 4.78 is 0. The maximum atomic E-state index is 11.7. The van der Waals surface area contributed by atoms with Crippen LogP contribution >= 0.6 is 0 Å². The smallest absolute Gasteiger partial charge is 0.317 e. The fourth-order valence-corrected chi connectivity index (χ4v) is 1.45. The van der Waals surface area contributed by atoms with E-state index in [1.54, 1.807) is 14.0 Å². The van der Waals surface area contributed by atoms with Gasteiger partial charge < -0.3 is 15.3 Å². The predicted octanol–water partition coefficient (Wildman–Crippen LogP) is 1.52. The molecule has 17 heavy (non-hydrogen) atoms. The molecule has 2 N–H and O–H groups in total. The topological polar surface area (TPSA) is 52.6 Å². The van der Waals surface area contributed by atoms with Crippen molar-refractivity contribution in [2.45, 2.75) is 26.4 Å². The molecule has 0 aromatic heterocycles. The number of amides is 2. The number of nitrogens with zero attached hydrogens (tertiary/aromatic N) is 1. The number of likely N-dealkylation sites (N-methyl/N-ethyl adjacent to an activating group) is 1. The molecule has 0 radical (unpaired) electrons. The summed E-state index contributed by atoms with van der Waals surface area (Å²) in [4.78, 5) is 13.2. The van der Waals surface area contributed by atoms with E-state index in [0.717, 1.165) is 5.56 Å². The van der Waals surface area contributed by atoms with Gasteiger partial charge in [0.15, 0.2) is 0 Å². The zero-order valence-corrected chi connectivity index (χ0v) is 10.6. The average Bonchev–Trinajstić information content (AvgIpc) is 2.34. The Morgan fingerprint density at radius 2 is 2.24 bits per heavy atom. The van der Waals surface area contributed by atoms with Crippen molar-refractivity contribution in [3.8, 4) is 0 Å². The lowest BCUT2D eigenvalue weighted by atomic mass is 10.1. The molecule has 1 rings (SSSR count). The summed E-state index contributed by atoms with van der Waals surface area (Å²) in [7, 11) is 1.67. The molecule has 0 fully saturated rings. The maximum Gasteiger partial charge on any atom is 0.317 e. The number of aliphatic hydroxyl groups excluding tert-OH is 1. The third-order valence-corrected chi connectivity index (χ3v) is 2.77. The molecular formula is C13H20N2O2. The summed E-state index contributed by atoms with van der Waals surface area (Å²) in [6.07, 6.45) is 0. The molecule has 0 heterocycles. The Labute approximate surface area is 102 Å². The molecule has 0 saturated carbocycles. The molecule has 0 spiro atoms. The lowest BCUT2D eigenvalue weighted by molar-refractivity contribution is 0.157. The van der Waals surface area contributed by atoms with Crippen molar-refractivity contribution >= 4 is 6.03 Å². The fourth-order valence-electron chi connectivity index (χ4n) is 1.45. The second-order valence-corrected chi connectivity index (χ2v) is 4.29. The van der Waals surface area contributed by atoms with E-state index < -0.39 is 0 Å². The van der Waals surface area contributed by atoms with Gasteiger partial charge in [0.25, 0.3) is 0 Å². The van der Waals surface area contributed by atoms with Gasteiger partial charge in [-0.2, -0.15) is 0 Å². The van der Waals surface area contributed by atoms with Crippen LogP contribution in [0.1, 0.15) is 18.1 Å². The number of hydrogen-bond acceptors (Lipinski definition) is 2. The van der Waals surface area contributed by atoms with Gasteiger partial charge in [0.05, 0.1) is 12.6 Å². The molecule has 0 aliphatic heterocycles. The Morgan fingerprint density at radius 3 is 2.82 bits per heavy atom. The fraction of sp³-hybridized carbons (Fsp3) is 0.462. The first kappa shape index (κ1) is 13.5. The summed E-state index contributed by atoms with van der Waals surface area (Å²) >= 11 is 0. The van der Waals surface area contributed by atoms with Crippen LogP contribution in [0.4, 0.5) is 4.79 Å². The summed E-state index contributed by atoms with van der Waals surface area (Å²) in [5, 5.41) is 11.8. The van der Waals surface area contributed by atoms with E-state index >= 15 is 0 Å². The second-order valence-electron chi connectivity index (χ2n) is 4.29. The van der Waals surface area contributed by atoms with Crippen molar-refractivity contribution in [3.63, 3.8) is 0 Å². The molecular weight excluding hydrogens is 216 g/mol. The molecule has 4 nitrogen and oxygen atoms in total.